The van der Waals surface area contributed by atoms with Crippen LogP contribution in [0.5, 0.6) is 17.2 Å². The lowest BCUT2D eigenvalue weighted by Crippen LogP contribution is -2.61. The summed E-state index contributed by atoms with van der Waals surface area (Å²) in [5.41, 5.74) is 7.14. The molecule has 0 bridgehead atoms. The van der Waals surface area contributed by atoms with E-state index in [-0.39, 0.29) is 55.1 Å². The number of carboxylic acids is 3. The lowest BCUT2D eigenvalue weighted by Gasteiger charge is -2.27. The molecule has 12 amide bonds. The Labute approximate surface area is 612 Å². The normalized spacial score (nSPS) is 14.1. The number of amides is 12. The fourth-order valence-corrected chi connectivity index (χ4v) is 10.8. The lowest BCUT2D eigenvalue weighted by atomic mass is 10.0. The van der Waals surface area contributed by atoms with Crippen molar-refractivity contribution in [2.75, 3.05) is 36.6 Å². The molecule has 0 aliphatic heterocycles. The van der Waals surface area contributed by atoms with Gasteiger partial charge in [-0.2, -0.15) is 37.0 Å². The first kappa shape index (κ1) is 85.8. The van der Waals surface area contributed by atoms with Crippen LogP contribution in [0.3, 0.4) is 0 Å². The van der Waals surface area contributed by atoms with Gasteiger partial charge in [-0.3, -0.25) is 67.1 Å². The SMILES string of the molecule is CSCC[C@H](NC(=O)[C@H](Cc1ccc(O)cc1)NC(=O)[C@H](CS)NC(=O)[C@H](C)NC(=O)[C@H](Cc1ccc(O)cc1)NC(=O)[C@H](Cc1ccccc1)NC(=O)CNC(=O)[C@H](CC(=O)O)NC(=O)[C@H](CS)NC(=O)[C@H](Cc1ccc(O)cc1)NC(=O)CN)C(=O)N[C@@H](CC(=O)O)C(=O)N[C@H](C(=O)O)C(C)C. The predicted octanol–water partition coefficient (Wildman–Crippen LogP) is -3.20. The number of thiol groups is 2. The molecule has 0 aliphatic rings. The van der Waals surface area contributed by atoms with Gasteiger partial charge in [-0.25, -0.2) is 4.79 Å². The number of aromatic hydroxyl groups is 3. The number of phenols is 3. The number of carbonyl (C=O) groups excluding carboxylic acids is 12. The highest BCUT2D eigenvalue weighted by Crippen LogP contribution is 2.17. The van der Waals surface area contributed by atoms with Crippen molar-refractivity contribution in [3.63, 3.8) is 0 Å². The van der Waals surface area contributed by atoms with E-state index in [1.165, 1.54) is 105 Å². The minimum Gasteiger partial charge on any atom is -0.508 e. The third-order valence-electron chi connectivity index (χ3n) is 15.5. The zero-order valence-corrected chi connectivity index (χ0v) is 59.5. The van der Waals surface area contributed by atoms with E-state index in [2.05, 4.69) is 89.1 Å². The second-order valence-electron chi connectivity index (χ2n) is 24.0. The molecule has 4 aromatic rings. The van der Waals surface area contributed by atoms with Crippen LogP contribution < -0.4 is 69.5 Å². The Morgan fingerprint density at radius 2 is 0.721 bits per heavy atom. The molecular formula is C67H87N13O21S3. The zero-order chi connectivity index (χ0) is 77.3. The van der Waals surface area contributed by atoms with Crippen molar-refractivity contribution in [1.29, 1.82) is 0 Å². The molecular weight excluding hydrogens is 1420 g/mol. The first-order valence-electron chi connectivity index (χ1n) is 32.3. The first-order valence-corrected chi connectivity index (χ1v) is 34.9. The van der Waals surface area contributed by atoms with Crippen molar-refractivity contribution in [3.8, 4) is 17.2 Å². The molecule has 0 unspecified atom stereocenters. The van der Waals surface area contributed by atoms with Crippen LogP contribution in [-0.4, -0.2) is 222 Å². The van der Waals surface area contributed by atoms with Crippen molar-refractivity contribution in [2.45, 2.75) is 132 Å². The number of carbonyl (C=O) groups is 15. The summed E-state index contributed by atoms with van der Waals surface area (Å²) in [6.45, 7) is 2.76. The smallest absolute Gasteiger partial charge is 0.326 e. The molecule has 20 N–H and O–H groups in total. The van der Waals surface area contributed by atoms with Gasteiger partial charge in [0, 0.05) is 37.2 Å². The number of benzene rings is 4. The number of rotatable bonds is 43. The van der Waals surface area contributed by atoms with E-state index in [1.807, 2.05) is 0 Å². The van der Waals surface area contributed by atoms with Gasteiger partial charge in [0.1, 0.15) is 83.7 Å². The molecule has 0 aromatic heterocycles. The average Bonchev–Trinajstić information content (AvgIpc) is 0.858. The highest BCUT2D eigenvalue weighted by atomic mass is 32.2. The average molecular weight is 1510 g/mol. The number of hydrogen-bond donors (Lipinski definition) is 21. The van der Waals surface area contributed by atoms with Gasteiger partial charge in [0.2, 0.25) is 70.9 Å². The molecule has 104 heavy (non-hydrogen) atoms. The van der Waals surface area contributed by atoms with E-state index < -0.39 is 199 Å². The van der Waals surface area contributed by atoms with Crippen LogP contribution >= 0.6 is 37.0 Å². The maximum atomic E-state index is 14.5. The molecule has 564 valence electrons. The summed E-state index contributed by atoms with van der Waals surface area (Å²) in [6.07, 6.45) is -1.46. The van der Waals surface area contributed by atoms with E-state index in [4.69, 9.17) is 5.73 Å². The Hall–Kier alpha value is -10.7. The van der Waals surface area contributed by atoms with Gasteiger partial charge in [-0.05, 0) is 89.9 Å². The maximum Gasteiger partial charge on any atom is 0.326 e. The molecule has 34 nitrogen and oxygen atoms in total. The molecule has 0 fully saturated rings. The minimum atomic E-state index is -1.89. The van der Waals surface area contributed by atoms with E-state index in [9.17, 15) is 103 Å². The second kappa shape index (κ2) is 43.3. The predicted molar refractivity (Wildman–Crippen MR) is 382 cm³/mol. The molecule has 0 heterocycles. The van der Waals surface area contributed by atoms with E-state index in [0.29, 0.717) is 22.3 Å². The van der Waals surface area contributed by atoms with E-state index >= 15 is 0 Å². The molecule has 0 saturated heterocycles. The number of carboxylic acid groups (broad SMARTS) is 3. The van der Waals surface area contributed by atoms with Crippen LogP contribution in [0.15, 0.2) is 103 Å². The third-order valence-corrected chi connectivity index (χ3v) is 16.8. The molecule has 4 rings (SSSR count). The summed E-state index contributed by atoms with van der Waals surface area (Å²) in [4.78, 5) is 201. The number of nitrogens with one attached hydrogen (secondary N) is 12. The maximum absolute atomic E-state index is 14.5. The summed E-state index contributed by atoms with van der Waals surface area (Å²) in [5.74, 6) is -18.4. The molecule has 0 aliphatic carbocycles. The number of nitrogens with two attached hydrogens (primary N) is 1. The molecule has 37 heteroatoms. The zero-order valence-electron chi connectivity index (χ0n) is 56.9. The summed E-state index contributed by atoms with van der Waals surface area (Å²) in [7, 11) is 0. The summed E-state index contributed by atoms with van der Waals surface area (Å²) < 4.78 is 0. The van der Waals surface area contributed by atoms with Crippen LogP contribution in [0.25, 0.3) is 0 Å². The Kier molecular flexibility index (Phi) is 35.7. The summed E-state index contributed by atoms with van der Waals surface area (Å²) in [5, 5.41) is 87.7. The third kappa shape index (κ3) is 29.7. The van der Waals surface area contributed by atoms with Gasteiger partial charge < -0.3 is 100 Å². The van der Waals surface area contributed by atoms with E-state index in [1.54, 1.807) is 36.6 Å². The van der Waals surface area contributed by atoms with Crippen LogP contribution in [-0.2, 0) is 97.6 Å². The minimum absolute atomic E-state index is 0.0763. The van der Waals surface area contributed by atoms with Crippen LogP contribution in [0.4, 0.5) is 0 Å². The number of thioether (sulfide) groups is 1. The van der Waals surface area contributed by atoms with Gasteiger partial charge in [-0.15, -0.1) is 0 Å². The Morgan fingerprint density at radius 1 is 0.394 bits per heavy atom. The van der Waals surface area contributed by atoms with Crippen molar-refractivity contribution in [2.24, 2.45) is 11.7 Å². The van der Waals surface area contributed by atoms with Gasteiger partial charge in [-0.1, -0.05) is 80.6 Å². The molecule has 11 atom stereocenters. The lowest BCUT2D eigenvalue weighted by molar-refractivity contribution is -0.144. The Bertz CT molecular complexity index is 3660. The van der Waals surface area contributed by atoms with Gasteiger partial charge in [0.05, 0.1) is 25.9 Å². The highest BCUT2D eigenvalue weighted by molar-refractivity contribution is 7.98. The Morgan fingerprint density at radius 3 is 1.11 bits per heavy atom. The van der Waals surface area contributed by atoms with Gasteiger partial charge in [0.15, 0.2) is 0 Å². The van der Waals surface area contributed by atoms with Crippen LogP contribution in [0, 0.1) is 5.92 Å². The fraction of sp³-hybridized carbons (Fsp3) is 0.418. The molecule has 0 saturated carbocycles. The molecule has 0 radical (unpaired) electrons. The van der Waals surface area contributed by atoms with Crippen molar-refractivity contribution < 1.29 is 103 Å². The standard InChI is InChI=1S/C67H87N13O21S3/c1-34(2)56(67(100)101)80-64(97)49(29-55(88)89)77-59(92)43(22-23-104-4)73-63(96)47(27-39-14-20-42(83)21-15-39)75-65(98)50(32-102)78-57(90)35(3)70-60(93)46(26-38-12-18-41(82)19-13-38)74-61(94)45(24-36-8-6-5-7-9-36)72-53(85)31-69-58(91)48(28-54(86)87)76-66(99)51(33-103)79-62(95)44(71-52(84)30-68)25-37-10-16-40(81)17-11-37/h5-21,34-35,43-51,56,81-83,102-103H,22-33,68H2,1-4H3,(H,69,91)(H,70,93)(H,71,84)(H,72,85)(H,73,96)(H,74,94)(H,75,98)(H,76,99)(H,77,92)(H,78,90)(H,79,95)(H,80,97)(H,86,87)(H,88,89)(H,100,101)/t35-,43-,44-,45-,46-,47-,48-,49-,50-,51-,56-/m0/s1. The van der Waals surface area contributed by atoms with E-state index in [0.717, 1.165) is 0 Å². The van der Waals surface area contributed by atoms with Gasteiger partial charge in [0.25, 0.3) is 0 Å². The largest absolute Gasteiger partial charge is 0.508 e. The molecule has 4 aromatic carbocycles. The summed E-state index contributed by atoms with van der Waals surface area (Å²) in [6, 6.07) is 7.36. The number of aliphatic carboxylic acids is 3. The van der Waals surface area contributed by atoms with Crippen LogP contribution in [0.2, 0.25) is 0 Å². The Balaban J connectivity index is 1.53. The molecule has 0 spiro atoms. The monoisotopic (exact) mass is 1510 g/mol. The summed E-state index contributed by atoms with van der Waals surface area (Å²) >= 11 is 9.66. The number of phenolic OH excluding ortho intramolecular Hbond substituents is 3. The van der Waals surface area contributed by atoms with Gasteiger partial charge >= 0.3 is 17.9 Å². The topological polar surface area (TPSA) is 548 Å². The first-order chi connectivity index (χ1) is 49.2. The fourth-order valence-electron chi connectivity index (χ4n) is 9.82. The van der Waals surface area contributed by atoms with Crippen molar-refractivity contribution >= 4 is 126 Å². The second-order valence-corrected chi connectivity index (χ2v) is 25.7. The quantitative estimate of drug-likeness (QED) is 0.0194. The highest BCUT2D eigenvalue weighted by Gasteiger charge is 2.37. The number of hydrogen-bond acceptors (Lipinski definition) is 22. The van der Waals surface area contributed by atoms with Crippen molar-refractivity contribution in [3.05, 3.63) is 125 Å². The van der Waals surface area contributed by atoms with Crippen LogP contribution in [0.1, 0.15) is 62.3 Å². The van der Waals surface area contributed by atoms with Crippen molar-refractivity contribution in [1.82, 2.24) is 63.8 Å².